The van der Waals surface area contributed by atoms with Gasteiger partial charge in [0.1, 0.15) is 0 Å². The molecule has 0 unspecified atom stereocenters. The SMILES string of the molecule is O=C(O)c1ccccc1Cn1ccc([N+](=O)[O-])n1. The largest absolute Gasteiger partial charge is 0.478 e. The second-order valence-electron chi connectivity index (χ2n) is 3.59. The van der Waals surface area contributed by atoms with Crippen LogP contribution in [0, 0.1) is 10.1 Å². The monoisotopic (exact) mass is 247 g/mol. The smallest absolute Gasteiger partial charge is 0.389 e. The van der Waals surface area contributed by atoms with Gasteiger partial charge in [0, 0.05) is 0 Å². The van der Waals surface area contributed by atoms with Crippen LogP contribution in [0.1, 0.15) is 15.9 Å². The molecule has 0 aliphatic carbocycles. The fraction of sp³-hybridized carbons (Fsp3) is 0.0909. The minimum absolute atomic E-state index is 0.163. The number of aromatic nitrogens is 2. The topological polar surface area (TPSA) is 98.3 Å². The summed E-state index contributed by atoms with van der Waals surface area (Å²) in [5.41, 5.74) is 0.707. The van der Waals surface area contributed by atoms with E-state index in [4.69, 9.17) is 5.11 Å². The van der Waals surface area contributed by atoms with Crippen molar-refractivity contribution in [1.82, 2.24) is 9.78 Å². The van der Waals surface area contributed by atoms with Gasteiger partial charge in [-0.2, -0.15) is 4.68 Å². The van der Waals surface area contributed by atoms with Crippen molar-refractivity contribution in [3.05, 3.63) is 57.8 Å². The molecule has 0 amide bonds. The van der Waals surface area contributed by atoms with Gasteiger partial charge >= 0.3 is 11.8 Å². The molecule has 0 fully saturated rings. The quantitative estimate of drug-likeness (QED) is 0.652. The highest BCUT2D eigenvalue weighted by molar-refractivity contribution is 5.89. The molecule has 18 heavy (non-hydrogen) atoms. The van der Waals surface area contributed by atoms with Crippen LogP contribution in [0.5, 0.6) is 0 Å². The highest BCUT2D eigenvalue weighted by Crippen LogP contribution is 2.12. The van der Waals surface area contributed by atoms with E-state index in [0.717, 1.165) is 0 Å². The minimum Gasteiger partial charge on any atom is -0.478 e. The Morgan fingerprint density at radius 3 is 2.72 bits per heavy atom. The van der Waals surface area contributed by atoms with Crippen molar-refractivity contribution in [3.63, 3.8) is 0 Å². The van der Waals surface area contributed by atoms with Crippen LogP contribution in [0.15, 0.2) is 36.5 Å². The summed E-state index contributed by atoms with van der Waals surface area (Å²) in [6.07, 6.45) is 1.44. The summed E-state index contributed by atoms with van der Waals surface area (Å²) in [6, 6.07) is 7.73. The van der Waals surface area contributed by atoms with Crippen molar-refractivity contribution in [3.8, 4) is 0 Å². The molecular formula is C11H9N3O4. The third kappa shape index (κ3) is 2.34. The number of carbonyl (C=O) groups is 1. The lowest BCUT2D eigenvalue weighted by Crippen LogP contribution is -2.07. The number of carboxylic acids is 1. The summed E-state index contributed by atoms with van der Waals surface area (Å²) in [5.74, 6) is -1.30. The van der Waals surface area contributed by atoms with E-state index in [0.29, 0.717) is 5.56 Å². The van der Waals surface area contributed by atoms with Gasteiger partial charge in [-0.15, -0.1) is 0 Å². The van der Waals surface area contributed by atoms with Crippen molar-refractivity contribution in [2.45, 2.75) is 6.54 Å². The maximum Gasteiger partial charge on any atom is 0.389 e. The molecule has 0 spiro atoms. The van der Waals surface area contributed by atoms with Gasteiger partial charge in [-0.25, -0.2) is 4.79 Å². The summed E-state index contributed by atoms with van der Waals surface area (Å²) in [7, 11) is 0. The first-order chi connectivity index (χ1) is 8.58. The van der Waals surface area contributed by atoms with Crippen molar-refractivity contribution in [2.24, 2.45) is 0 Å². The van der Waals surface area contributed by atoms with Gasteiger partial charge in [-0.05, 0) is 16.6 Å². The first-order valence-corrected chi connectivity index (χ1v) is 5.07. The molecule has 0 radical (unpaired) electrons. The van der Waals surface area contributed by atoms with E-state index in [-0.39, 0.29) is 17.9 Å². The van der Waals surface area contributed by atoms with Gasteiger partial charge in [-0.1, -0.05) is 18.2 Å². The lowest BCUT2D eigenvalue weighted by atomic mass is 10.1. The molecule has 0 bridgehead atoms. The molecule has 1 aromatic heterocycles. The van der Waals surface area contributed by atoms with E-state index in [2.05, 4.69) is 5.10 Å². The van der Waals surface area contributed by atoms with Crippen molar-refractivity contribution < 1.29 is 14.8 Å². The fourth-order valence-corrected chi connectivity index (χ4v) is 1.58. The summed E-state index contributed by atoms with van der Waals surface area (Å²) < 4.78 is 1.33. The summed E-state index contributed by atoms with van der Waals surface area (Å²) in [4.78, 5) is 20.9. The molecule has 7 heteroatoms. The highest BCUT2D eigenvalue weighted by atomic mass is 16.6. The van der Waals surface area contributed by atoms with E-state index in [1.807, 2.05) is 0 Å². The van der Waals surface area contributed by atoms with Crippen LogP contribution in [-0.2, 0) is 6.54 Å². The zero-order chi connectivity index (χ0) is 13.1. The average molecular weight is 247 g/mol. The van der Waals surface area contributed by atoms with E-state index in [1.54, 1.807) is 18.2 Å². The number of aromatic carboxylic acids is 1. The minimum atomic E-state index is -1.03. The predicted octanol–water partition coefficient (Wildman–Crippen LogP) is 1.54. The second-order valence-corrected chi connectivity index (χ2v) is 3.59. The van der Waals surface area contributed by atoms with E-state index in [1.165, 1.54) is 23.0 Å². The Hall–Kier alpha value is -2.70. The van der Waals surface area contributed by atoms with E-state index < -0.39 is 10.9 Å². The molecule has 7 nitrogen and oxygen atoms in total. The zero-order valence-corrected chi connectivity index (χ0v) is 9.18. The Morgan fingerprint density at radius 1 is 1.39 bits per heavy atom. The first-order valence-electron chi connectivity index (χ1n) is 5.07. The normalized spacial score (nSPS) is 10.2. The van der Waals surface area contributed by atoms with Gasteiger partial charge in [0.25, 0.3) is 0 Å². The van der Waals surface area contributed by atoms with Crippen LogP contribution in [0.4, 0.5) is 5.82 Å². The third-order valence-electron chi connectivity index (χ3n) is 2.39. The van der Waals surface area contributed by atoms with Crippen LogP contribution in [0.25, 0.3) is 0 Å². The molecule has 0 aliphatic rings. The van der Waals surface area contributed by atoms with Gasteiger partial charge in [0.2, 0.25) is 0 Å². The summed E-state index contributed by atoms with van der Waals surface area (Å²) in [5, 5.41) is 23.2. The standard InChI is InChI=1S/C11H9N3O4/c15-11(16)9-4-2-1-3-8(9)7-13-6-5-10(12-13)14(17)18/h1-6H,7H2,(H,15,16). The Morgan fingerprint density at radius 2 is 2.11 bits per heavy atom. The van der Waals surface area contributed by atoms with Gasteiger partial charge in [0.05, 0.1) is 29.5 Å². The molecule has 0 saturated carbocycles. The third-order valence-corrected chi connectivity index (χ3v) is 2.39. The number of nitrogens with zero attached hydrogens (tertiary/aromatic N) is 3. The second kappa shape index (κ2) is 4.66. The molecule has 0 atom stereocenters. The molecule has 2 aromatic rings. The highest BCUT2D eigenvalue weighted by Gasteiger charge is 2.14. The number of nitro groups is 1. The maximum atomic E-state index is 11.0. The number of rotatable bonds is 4. The Kier molecular flexibility index (Phi) is 3.05. The van der Waals surface area contributed by atoms with Crippen LogP contribution >= 0.6 is 0 Å². The number of hydrogen-bond donors (Lipinski definition) is 1. The lowest BCUT2D eigenvalue weighted by Gasteiger charge is -2.03. The lowest BCUT2D eigenvalue weighted by molar-refractivity contribution is -0.389. The van der Waals surface area contributed by atoms with E-state index >= 15 is 0 Å². The van der Waals surface area contributed by atoms with Crippen LogP contribution in [-0.4, -0.2) is 25.8 Å². The molecular weight excluding hydrogens is 238 g/mol. The van der Waals surface area contributed by atoms with Crippen LogP contribution < -0.4 is 0 Å². The van der Waals surface area contributed by atoms with Crippen molar-refractivity contribution >= 4 is 11.8 Å². The Balaban J connectivity index is 2.28. The molecule has 2 rings (SSSR count). The number of hydrogen-bond acceptors (Lipinski definition) is 4. The van der Waals surface area contributed by atoms with Gasteiger partial charge in [-0.3, -0.25) is 0 Å². The zero-order valence-electron chi connectivity index (χ0n) is 9.18. The number of carboxylic acid groups (broad SMARTS) is 1. The molecule has 1 heterocycles. The molecule has 0 saturated heterocycles. The Labute approximate surface area is 101 Å². The van der Waals surface area contributed by atoms with Gasteiger partial charge in [0.15, 0.2) is 0 Å². The molecule has 0 aliphatic heterocycles. The van der Waals surface area contributed by atoms with E-state index in [9.17, 15) is 14.9 Å². The van der Waals surface area contributed by atoms with Crippen molar-refractivity contribution in [1.29, 1.82) is 0 Å². The molecule has 1 N–H and O–H groups in total. The maximum absolute atomic E-state index is 11.0. The number of benzene rings is 1. The van der Waals surface area contributed by atoms with Gasteiger partial charge < -0.3 is 15.2 Å². The average Bonchev–Trinajstić information content (AvgIpc) is 2.78. The van der Waals surface area contributed by atoms with Crippen LogP contribution in [0.2, 0.25) is 0 Å². The summed E-state index contributed by atoms with van der Waals surface area (Å²) >= 11 is 0. The Bertz CT molecular complexity index is 606. The molecule has 92 valence electrons. The van der Waals surface area contributed by atoms with Crippen LogP contribution in [0.3, 0.4) is 0 Å². The summed E-state index contributed by atoms with van der Waals surface area (Å²) in [6.45, 7) is 0.177. The van der Waals surface area contributed by atoms with Crippen molar-refractivity contribution in [2.75, 3.05) is 0 Å². The first kappa shape index (κ1) is 11.8. The predicted molar refractivity (Wildman–Crippen MR) is 61.4 cm³/mol. The molecule has 1 aromatic carbocycles. The fourth-order valence-electron chi connectivity index (χ4n) is 1.58.